The molecule has 1 aromatic carbocycles. The molecule has 18 heavy (non-hydrogen) atoms. The van der Waals surface area contributed by atoms with Crippen molar-refractivity contribution in [2.75, 3.05) is 0 Å². The van der Waals surface area contributed by atoms with Gasteiger partial charge in [-0.2, -0.15) is 0 Å². The summed E-state index contributed by atoms with van der Waals surface area (Å²) in [5.74, 6) is 0. The maximum absolute atomic E-state index is 10.7. The first kappa shape index (κ1) is 12.9. The first-order chi connectivity index (χ1) is 8.66. The van der Waals surface area contributed by atoms with Crippen molar-refractivity contribution in [3.8, 4) is 0 Å². The van der Waals surface area contributed by atoms with Crippen LogP contribution < -0.4 is 5.32 Å². The first-order valence-corrected chi connectivity index (χ1v) is 6.43. The minimum Gasteiger partial charge on any atom is -0.308 e. The van der Waals surface area contributed by atoms with Gasteiger partial charge in [-0.15, -0.1) is 11.3 Å². The normalized spacial score (nSPS) is 10.5. The lowest BCUT2D eigenvalue weighted by Crippen LogP contribution is -2.12. The summed E-state index contributed by atoms with van der Waals surface area (Å²) >= 11 is 7.54. The summed E-state index contributed by atoms with van der Waals surface area (Å²) in [5, 5.41) is 14.4. The van der Waals surface area contributed by atoms with E-state index < -0.39 is 4.92 Å². The lowest BCUT2D eigenvalue weighted by molar-refractivity contribution is -0.384. The van der Waals surface area contributed by atoms with E-state index in [0.29, 0.717) is 18.1 Å². The van der Waals surface area contributed by atoms with Gasteiger partial charge in [-0.25, -0.2) is 0 Å². The Bertz CT molecular complexity index is 545. The molecule has 0 aliphatic carbocycles. The summed E-state index contributed by atoms with van der Waals surface area (Å²) in [6, 6.07) is 4.43. The zero-order valence-electron chi connectivity index (χ0n) is 9.30. The Hall–Kier alpha value is -1.50. The highest BCUT2D eigenvalue weighted by molar-refractivity contribution is 7.09. The second-order valence-electron chi connectivity index (χ2n) is 3.60. The van der Waals surface area contributed by atoms with Gasteiger partial charge in [-0.05, 0) is 11.6 Å². The maximum Gasteiger partial charge on any atom is 0.269 e. The Balaban J connectivity index is 2.00. The lowest BCUT2D eigenvalue weighted by atomic mass is 10.2. The molecule has 1 N–H and O–H groups in total. The van der Waals surface area contributed by atoms with Gasteiger partial charge >= 0.3 is 0 Å². The van der Waals surface area contributed by atoms with Crippen LogP contribution >= 0.6 is 22.9 Å². The van der Waals surface area contributed by atoms with E-state index in [1.54, 1.807) is 29.1 Å². The van der Waals surface area contributed by atoms with Crippen LogP contribution in [0.5, 0.6) is 0 Å². The van der Waals surface area contributed by atoms with E-state index in [0.717, 1.165) is 10.4 Å². The van der Waals surface area contributed by atoms with Crippen LogP contribution in [-0.2, 0) is 13.1 Å². The third-order valence-corrected chi connectivity index (χ3v) is 3.49. The Morgan fingerprint density at radius 2 is 2.28 bits per heavy atom. The Labute approximate surface area is 113 Å². The Morgan fingerprint density at radius 3 is 2.94 bits per heavy atom. The van der Waals surface area contributed by atoms with Crippen LogP contribution in [0.4, 0.5) is 5.69 Å². The molecule has 2 rings (SSSR count). The second-order valence-corrected chi connectivity index (χ2v) is 4.98. The first-order valence-electron chi connectivity index (χ1n) is 5.17. The van der Waals surface area contributed by atoms with E-state index in [1.165, 1.54) is 12.1 Å². The fraction of sp³-hybridized carbons (Fsp3) is 0.182. The van der Waals surface area contributed by atoms with Gasteiger partial charge in [0.05, 0.1) is 10.4 Å². The number of thiazole rings is 1. The standard InChI is InChI=1S/C11H10ClN3O2S/c12-11-2-1-9(15(16)17)3-8(11)4-13-5-10-6-14-7-18-10/h1-3,6-7,13H,4-5H2. The van der Waals surface area contributed by atoms with Gasteiger partial charge < -0.3 is 5.32 Å². The quantitative estimate of drug-likeness (QED) is 0.676. The maximum atomic E-state index is 10.7. The molecule has 94 valence electrons. The minimum absolute atomic E-state index is 0.0500. The van der Waals surface area contributed by atoms with Crippen molar-refractivity contribution in [2.24, 2.45) is 0 Å². The summed E-state index contributed by atoms with van der Waals surface area (Å²) in [6.45, 7) is 1.15. The van der Waals surface area contributed by atoms with Crippen LogP contribution in [0.2, 0.25) is 5.02 Å². The number of nitrogens with zero attached hydrogens (tertiary/aromatic N) is 2. The summed E-state index contributed by atoms with van der Waals surface area (Å²) < 4.78 is 0. The van der Waals surface area contributed by atoms with Gasteiger partial charge in [0, 0.05) is 41.3 Å². The number of halogens is 1. The van der Waals surface area contributed by atoms with Crippen molar-refractivity contribution >= 4 is 28.6 Å². The highest BCUT2D eigenvalue weighted by Gasteiger charge is 2.09. The SMILES string of the molecule is O=[N+]([O-])c1ccc(Cl)c(CNCc2cncs2)c1. The van der Waals surface area contributed by atoms with E-state index in [9.17, 15) is 10.1 Å². The van der Waals surface area contributed by atoms with Crippen LogP contribution in [-0.4, -0.2) is 9.91 Å². The van der Waals surface area contributed by atoms with Crippen molar-refractivity contribution in [1.29, 1.82) is 0 Å². The third-order valence-electron chi connectivity index (χ3n) is 2.34. The molecule has 7 heteroatoms. The number of nitrogens with one attached hydrogen (secondary N) is 1. The molecule has 0 aliphatic rings. The van der Waals surface area contributed by atoms with Crippen LogP contribution in [0.1, 0.15) is 10.4 Å². The number of hydrogen-bond acceptors (Lipinski definition) is 5. The van der Waals surface area contributed by atoms with Crippen LogP contribution in [0.3, 0.4) is 0 Å². The zero-order chi connectivity index (χ0) is 13.0. The minimum atomic E-state index is -0.428. The fourth-order valence-electron chi connectivity index (χ4n) is 1.46. The number of aromatic nitrogens is 1. The predicted octanol–water partition coefficient (Wildman–Crippen LogP) is 2.99. The zero-order valence-corrected chi connectivity index (χ0v) is 10.9. The molecule has 0 aliphatic heterocycles. The van der Waals surface area contributed by atoms with Crippen molar-refractivity contribution in [1.82, 2.24) is 10.3 Å². The van der Waals surface area contributed by atoms with Crippen molar-refractivity contribution in [3.05, 3.63) is 55.5 Å². The van der Waals surface area contributed by atoms with Gasteiger partial charge in [-0.3, -0.25) is 15.1 Å². The third kappa shape index (κ3) is 3.25. The number of nitro groups is 1. The summed E-state index contributed by atoms with van der Waals surface area (Å²) in [7, 11) is 0. The Morgan fingerprint density at radius 1 is 1.44 bits per heavy atom. The molecule has 0 saturated carbocycles. The van der Waals surface area contributed by atoms with E-state index in [1.807, 2.05) is 0 Å². The van der Waals surface area contributed by atoms with Gasteiger partial charge in [-0.1, -0.05) is 11.6 Å². The van der Waals surface area contributed by atoms with Crippen molar-refractivity contribution in [3.63, 3.8) is 0 Å². The fourth-order valence-corrected chi connectivity index (χ4v) is 2.21. The molecule has 0 spiro atoms. The smallest absolute Gasteiger partial charge is 0.269 e. The molecule has 0 atom stereocenters. The molecule has 0 amide bonds. The van der Waals surface area contributed by atoms with Crippen LogP contribution in [0.15, 0.2) is 29.9 Å². The van der Waals surface area contributed by atoms with Crippen molar-refractivity contribution < 1.29 is 4.92 Å². The van der Waals surface area contributed by atoms with E-state index in [4.69, 9.17) is 11.6 Å². The molecule has 2 aromatic rings. The highest BCUT2D eigenvalue weighted by atomic mass is 35.5. The second kappa shape index (κ2) is 5.90. The van der Waals surface area contributed by atoms with E-state index in [2.05, 4.69) is 10.3 Å². The molecule has 0 unspecified atom stereocenters. The molecule has 1 heterocycles. The molecule has 0 radical (unpaired) electrons. The molecule has 0 fully saturated rings. The predicted molar refractivity (Wildman–Crippen MR) is 70.8 cm³/mol. The molecular weight excluding hydrogens is 274 g/mol. The number of benzene rings is 1. The Kier molecular flexibility index (Phi) is 4.24. The lowest BCUT2D eigenvalue weighted by Gasteiger charge is -2.05. The highest BCUT2D eigenvalue weighted by Crippen LogP contribution is 2.22. The monoisotopic (exact) mass is 283 g/mol. The topological polar surface area (TPSA) is 68.1 Å². The molecular formula is C11H10ClN3O2S. The van der Waals surface area contributed by atoms with Crippen LogP contribution in [0, 0.1) is 10.1 Å². The van der Waals surface area contributed by atoms with Gasteiger partial charge in [0.15, 0.2) is 0 Å². The average Bonchev–Trinajstić information content (AvgIpc) is 2.84. The largest absolute Gasteiger partial charge is 0.308 e. The average molecular weight is 284 g/mol. The van der Waals surface area contributed by atoms with Gasteiger partial charge in [0.25, 0.3) is 5.69 Å². The molecule has 0 bridgehead atoms. The summed E-state index contributed by atoms with van der Waals surface area (Å²) in [6.07, 6.45) is 1.78. The summed E-state index contributed by atoms with van der Waals surface area (Å²) in [4.78, 5) is 15.3. The van der Waals surface area contributed by atoms with Gasteiger partial charge in [0.1, 0.15) is 0 Å². The number of hydrogen-bond donors (Lipinski definition) is 1. The number of non-ortho nitro benzene ring substituents is 1. The van der Waals surface area contributed by atoms with E-state index >= 15 is 0 Å². The van der Waals surface area contributed by atoms with Gasteiger partial charge in [0.2, 0.25) is 0 Å². The molecule has 5 nitrogen and oxygen atoms in total. The molecule has 1 aromatic heterocycles. The number of rotatable bonds is 5. The summed E-state index contributed by atoms with van der Waals surface area (Å²) in [5.41, 5.74) is 2.53. The van der Waals surface area contributed by atoms with E-state index in [-0.39, 0.29) is 5.69 Å². The van der Waals surface area contributed by atoms with Crippen molar-refractivity contribution in [2.45, 2.75) is 13.1 Å². The van der Waals surface area contributed by atoms with Crippen LogP contribution in [0.25, 0.3) is 0 Å². The number of nitro benzene ring substituents is 1. The molecule has 0 saturated heterocycles.